The Bertz CT molecular complexity index is 1030. The van der Waals surface area contributed by atoms with Gasteiger partial charge in [-0.15, -0.1) is 22.9 Å². The number of halogens is 1. The summed E-state index contributed by atoms with van der Waals surface area (Å²) in [5.74, 6) is -0.0831. The van der Waals surface area contributed by atoms with E-state index in [-0.39, 0.29) is 29.8 Å². The van der Waals surface area contributed by atoms with Crippen molar-refractivity contribution in [3.63, 3.8) is 0 Å². The molecule has 0 radical (unpaired) electrons. The van der Waals surface area contributed by atoms with Crippen molar-refractivity contribution in [3.05, 3.63) is 59.1 Å². The molecule has 1 fully saturated rings. The predicted octanol–water partition coefficient (Wildman–Crippen LogP) is 4.22. The van der Waals surface area contributed by atoms with Crippen LogP contribution in [0.1, 0.15) is 35.9 Å². The monoisotopic (exact) mass is 429 g/mol. The summed E-state index contributed by atoms with van der Waals surface area (Å²) in [6, 6.07) is 14.3. The molecule has 152 valence electrons. The van der Waals surface area contributed by atoms with Crippen LogP contribution in [0.4, 0.5) is 0 Å². The van der Waals surface area contributed by atoms with Crippen molar-refractivity contribution in [1.82, 2.24) is 14.4 Å². The lowest BCUT2D eigenvalue weighted by atomic mass is 10.1. The molecule has 1 saturated heterocycles. The second kappa shape index (κ2) is 8.20. The third-order valence-electron chi connectivity index (χ3n) is 5.68. The fourth-order valence-corrected chi connectivity index (χ4v) is 5.25. The number of hydrogen-bond acceptors (Lipinski definition) is 3. The number of fused-ring (bicyclic) bond motifs is 1. The molecule has 7 heteroatoms. The van der Waals surface area contributed by atoms with Crippen LogP contribution in [0, 0.1) is 0 Å². The summed E-state index contributed by atoms with van der Waals surface area (Å²) in [5, 5.41) is 3.15. The Balaban J connectivity index is 1.65. The fourth-order valence-electron chi connectivity index (χ4n) is 4.12. The van der Waals surface area contributed by atoms with Crippen LogP contribution in [0.15, 0.2) is 47.8 Å². The molecule has 0 saturated carbocycles. The van der Waals surface area contributed by atoms with Gasteiger partial charge in [0.05, 0.1) is 6.04 Å². The first-order valence-corrected chi connectivity index (χ1v) is 11.2. The van der Waals surface area contributed by atoms with Crippen molar-refractivity contribution < 1.29 is 9.59 Å². The molecule has 29 heavy (non-hydrogen) atoms. The molecule has 0 bridgehead atoms. The van der Waals surface area contributed by atoms with Gasteiger partial charge in [0.2, 0.25) is 5.91 Å². The van der Waals surface area contributed by atoms with Gasteiger partial charge in [0.1, 0.15) is 16.4 Å². The summed E-state index contributed by atoms with van der Waals surface area (Å²) >= 11 is 7.37. The molecule has 2 unspecified atom stereocenters. The summed E-state index contributed by atoms with van der Waals surface area (Å²) in [6.07, 6.45) is 0. The van der Waals surface area contributed by atoms with Gasteiger partial charge in [-0.25, -0.2) is 0 Å². The third-order valence-corrected chi connectivity index (χ3v) is 6.84. The number of thiophene rings is 1. The van der Waals surface area contributed by atoms with Gasteiger partial charge < -0.3 is 14.4 Å². The first kappa shape index (κ1) is 20.0. The van der Waals surface area contributed by atoms with Crippen LogP contribution in [-0.4, -0.2) is 57.7 Å². The summed E-state index contributed by atoms with van der Waals surface area (Å²) in [4.78, 5) is 30.2. The van der Waals surface area contributed by atoms with Crippen molar-refractivity contribution in [1.29, 1.82) is 0 Å². The van der Waals surface area contributed by atoms with E-state index < -0.39 is 0 Å². The molecule has 4 rings (SSSR count). The molecule has 1 aromatic carbocycles. The maximum Gasteiger partial charge on any atom is 0.270 e. The predicted molar refractivity (Wildman–Crippen MR) is 118 cm³/mol. The number of rotatable bonds is 4. The normalized spacial score (nSPS) is 18.2. The number of carbonyl (C=O) groups excluding carboxylic acids is 2. The van der Waals surface area contributed by atoms with Crippen LogP contribution in [-0.2, 0) is 4.79 Å². The van der Waals surface area contributed by atoms with Gasteiger partial charge in [-0.3, -0.25) is 9.59 Å². The fraction of sp³-hybridized carbons (Fsp3) is 0.364. The molecular formula is C22H24ClN3O2S. The zero-order valence-electron chi connectivity index (χ0n) is 16.5. The number of piperazine rings is 1. The Morgan fingerprint density at radius 2 is 1.97 bits per heavy atom. The molecule has 3 heterocycles. The minimum Gasteiger partial charge on any atom is -0.335 e. The minimum absolute atomic E-state index is 0.0148. The third kappa shape index (κ3) is 3.67. The van der Waals surface area contributed by atoms with Gasteiger partial charge >= 0.3 is 0 Å². The summed E-state index contributed by atoms with van der Waals surface area (Å²) in [5.41, 5.74) is 1.87. The molecule has 1 aliphatic rings. The Morgan fingerprint density at radius 1 is 1.21 bits per heavy atom. The van der Waals surface area contributed by atoms with E-state index in [9.17, 15) is 9.59 Å². The van der Waals surface area contributed by atoms with E-state index >= 15 is 0 Å². The zero-order chi connectivity index (χ0) is 20.5. The van der Waals surface area contributed by atoms with Gasteiger partial charge in [-0.1, -0.05) is 30.3 Å². The molecule has 1 aliphatic heterocycles. The quantitative estimate of drug-likeness (QED) is 0.583. The molecule has 0 aliphatic carbocycles. The van der Waals surface area contributed by atoms with Crippen LogP contribution in [0.5, 0.6) is 0 Å². The van der Waals surface area contributed by atoms with Crippen LogP contribution >= 0.6 is 22.9 Å². The number of nitrogens with zero attached hydrogens (tertiary/aromatic N) is 3. The summed E-state index contributed by atoms with van der Waals surface area (Å²) in [7, 11) is 0. The van der Waals surface area contributed by atoms with Gasteiger partial charge in [0.25, 0.3) is 5.91 Å². The van der Waals surface area contributed by atoms with Crippen molar-refractivity contribution in [3.8, 4) is 0 Å². The average Bonchev–Trinajstić information content (AvgIpc) is 3.34. The Labute approximate surface area is 179 Å². The Hall–Kier alpha value is -2.31. The lowest BCUT2D eigenvalue weighted by molar-refractivity contribution is -0.132. The summed E-state index contributed by atoms with van der Waals surface area (Å²) < 4.78 is 2.15. The lowest BCUT2D eigenvalue weighted by Gasteiger charge is -2.39. The smallest absolute Gasteiger partial charge is 0.270 e. The number of hydrogen-bond donors (Lipinski definition) is 0. The second-order valence-corrected chi connectivity index (χ2v) is 8.65. The Kier molecular flexibility index (Phi) is 5.65. The molecule has 0 N–H and O–H groups in total. The van der Waals surface area contributed by atoms with Crippen LogP contribution in [0.25, 0.3) is 10.2 Å². The van der Waals surface area contributed by atoms with E-state index in [0.717, 1.165) is 10.2 Å². The average molecular weight is 430 g/mol. The topological polar surface area (TPSA) is 45.6 Å². The first-order chi connectivity index (χ1) is 14.0. The molecule has 3 aromatic rings. The van der Waals surface area contributed by atoms with Gasteiger partial charge in [0.15, 0.2) is 0 Å². The molecule has 5 nitrogen and oxygen atoms in total. The zero-order valence-corrected chi connectivity index (χ0v) is 18.1. The highest BCUT2D eigenvalue weighted by atomic mass is 35.5. The van der Waals surface area contributed by atoms with Gasteiger partial charge in [0, 0.05) is 31.1 Å². The lowest BCUT2D eigenvalue weighted by Crippen LogP contribution is -2.56. The van der Waals surface area contributed by atoms with E-state index in [1.54, 1.807) is 16.2 Å². The number of benzene rings is 1. The number of carbonyl (C=O) groups is 2. The highest BCUT2D eigenvalue weighted by molar-refractivity contribution is 7.16. The Morgan fingerprint density at radius 3 is 2.66 bits per heavy atom. The van der Waals surface area contributed by atoms with E-state index in [1.807, 2.05) is 36.1 Å². The maximum absolute atomic E-state index is 13.5. The SMILES string of the molecule is CC1CN(C(=O)c2cc3ccsc3n2C(C)c2ccccc2)CCN1C(=O)CCl. The molecule has 2 aromatic heterocycles. The highest BCUT2D eigenvalue weighted by Crippen LogP contribution is 2.32. The van der Waals surface area contributed by atoms with E-state index in [0.29, 0.717) is 25.3 Å². The van der Waals surface area contributed by atoms with Crippen molar-refractivity contribution >= 4 is 45.0 Å². The van der Waals surface area contributed by atoms with Crippen molar-refractivity contribution in [2.24, 2.45) is 0 Å². The molecular weight excluding hydrogens is 406 g/mol. The first-order valence-electron chi connectivity index (χ1n) is 9.79. The van der Waals surface area contributed by atoms with Gasteiger partial charge in [-0.05, 0) is 36.9 Å². The highest BCUT2D eigenvalue weighted by Gasteiger charge is 2.32. The van der Waals surface area contributed by atoms with Crippen LogP contribution in [0.3, 0.4) is 0 Å². The number of alkyl halides is 1. The van der Waals surface area contributed by atoms with Crippen LogP contribution in [0.2, 0.25) is 0 Å². The van der Waals surface area contributed by atoms with Gasteiger partial charge in [-0.2, -0.15) is 0 Å². The molecule has 2 atom stereocenters. The molecule has 0 spiro atoms. The summed E-state index contributed by atoms with van der Waals surface area (Å²) in [6.45, 7) is 5.64. The van der Waals surface area contributed by atoms with Crippen LogP contribution < -0.4 is 0 Å². The number of amides is 2. The number of aromatic nitrogens is 1. The van der Waals surface area contributed by atoms with E-state index in [4.69, 9.17) is 11.6 Å². The van der Waals surface area contributed by atoms with E-state index in [2.05, 4.69) is 35.1 Å². The molecule has 2 amide bonds. The minimum atomic E-state index is -0.0761. The van der Waals surface area contributed by atoms with E-state index in [1.165, 1.54) is 5.56 Å². The van der Waals surface area contributed by atoms with Crippen molar-refractivity contribution in [2.75, 3.05) is 25.5 Å². The standard InChI is InChI=1S/C22H24ClN3O2S/c1-15-14-24(9-10-25(15)20(27)13-23)21(28)19-12-18-8-11-29-22(18)26(19)16(2)17-6-4-3-5-7-17/h3-8,11-12,15-16H,9-10,13-14H2,1-2H3. The second-order valence-electron chi connectivity index (χ2n) is 7.49. The maximum atomic E-state index is 13.5. The van der Waals surface area contributed by atoms with Crippen molar-refractivity contribution in [2.45, 2.75) is 25.9 Å². The largest absolute Gasteiger partial charge is 0.335 e.